The zero-order valence-corrected chi connectivity index (χ0v) is 13.8. The second-order valence-electron chi connectivity index (χ2n) is 5.62. The van der Waals surface area contributed by atoms with Crippen molar-refractivity contribution in [3.63, 3.8) is 0 Å². The van der Waals surface area contributed by atoms with Crippen molar-refractivity contribution in [1.82, 2.24) is 9.88 Å². The first-order chi connectivity index (χ1) is 11.1. The molecule has 0 spiro atoms. The molecule has 6 heteroatoms. The Morgan fingerprint density at radius 3 is 2.96 bits per heavy atom. The number of amides is 1. The third-order valence-corrected chi connectivity index (χ3v) is 4.83. The number of thiazole rings is 1. The topological polar surface area (TPSA) is 83.0 Å². The average Bonchev–Trinajstić information content (AvgIpc) is 3.33. The van der Waals surface area contributed by atoms with Crippen LogP contribution in [0, 0.1) is 18.3 Å². The van der Waals surface area contributed by atoms with Gasteiger partial charge in [-0.2, -0.15) is 5.26 Å². The Morgan fingerprint density at radius 2 is 2.30 bits per heavy atom. The molecule has 1 aromatic heterocycles. The van der Waals surface area contributed by atoms with Gasteiger partial charge >= 0.3 is 0 Å². The van der Waals surface area contributed by atoms with Crippen LogP contribution in [0.2, 0.25) is 0 Å². The van der Waals surface area contributed by atoms with Gasteiger partial charge in [-0.05, 0) is 37.5 Å². The van der Waals surface area contributed by atoms with Crippen LogP contribution in [0.4, 0.5) is 0 Å². The van der Waals surface area contributed by atoms with Crippen LogP contribution in [0.5, 0.6) is 0 Å². The number of benzene rings is 1. The number of aromatic nitrogens is 1. The first-order valence-electron chi connectivity index (χ1n) is 7.63. The highest BCUT2D eigenvalue weighted by molar-refractivity contribution is 7.15. The molecule has 2 N–H and O–H groups in total. The molecule has 0 atom stereocenters. The molecule has 1 amide bonds. The van der Waals surface area contributed by atoms with E-state index in [9.17, 15) is 4.79 Å². The summed E-state index contributed by atoms with van der Waals surface area (Å²) in [6.07, 6.45) is 2.07. The van der Waals surface area contributed by atoms with Gasteiger partial charge in [-0.15, -0.1) is 11.3 Å². The Bertz CT molecular complexity index is 773. The highest BCUT2D eigenvalue weighted by atomic mass is 32.1. The van der Waals surface area contributed by atoms with Gasteiger partial charge < -0.3 is 10.6 Å². The minimum Gasteiger partial charge on any atom is -0.333 e. The predicted octanol–water partition coefficient (Wildman–Crippen LogP) is 2.55. The zero-order valence-electron chi connectivity index (χ0n) is 13.0. The van der Waals surface area contributed by atoms with Crippen LogP contribution in [-0.2, 0) is 0 Å². The van der Waals surface area contributed by atoms with E-state index in [-0.39, 0.29) is 5.91 Å². The molecule has 0 aliphatic heterocycles. The van der Waals surface area contributed by atoms with Crippen molar-refractivity contribution in [3.8, 4) is 16.5 Å². The smallest absolute Gasteiger partial charge is 0.274 e. The molecule has 1 aromatic carbocycles. The molecule has 3 rings (SSSR count). The fourth-order valence-electron chi connectivity index (χ4n) is 2.61. The molecule has 0 unspecified atom stereocenters. The van der Waals surface area contributed by atoms with Crippen molar-refractivity contribution >= 4 is 17.2 Å². The van der Waals surface area contributed by atoms with Crippen LogP contribution in [0.1, 0.15) is 33.9 Å². The van der Waals surface area contributed by atoms with Gasteiger partial charge in [0.2, 0.25) is 0 Å². The molecule has 0 saturated heterocycles. The number of hydrogen-bond acceptors (Lipinski definition) is 5. The van der Waals surface area contributed by atoms with E-state index in [0.717, 1.165) is 28.3 Å². The molecule has 2 aromatic rings. The van der Waals surface area contributed by atoms with Gasteiger partial charge in [0, 0.05) is 19.1 Å². The number of carbonyl (C=O) groups is 1. The van der Waals surface area contributed by atoms with Crippen molar-refractivity contribution < 1.29 is 4.79 Å². The van der Waals surface area contributed by atoms with Gasteiger partial charge in [0.15, 0.2) is 0 Å². The first kappa shape index (κ1) is 15.7. The van der Waals surface area contributed by atoms with Gasteiger partial charge in [-0.1, -0.05) is 12.1 Å². The van der Waals surface area contributed by atoms with E-state index in [1.807, 2.05) is 24.0 Å². The zero-order chi connectivity index (χ0) is 16.4. The number of carbonyl (C=O) groups excluding carboxylic acids is 1. The van der Waals surface area contributed by atoms with Gasteiger partial charge in [0.05, 0.1) is 21.5 Å². The van der Waals surface area contributed by atoms with Gasteiger partial charge in [0.1, 0.15) is 5.69 Å². The monoisotopic (exact) mass is 326 g/mol. The lowest BCUT2D eigenvalue weighted by molar-refractivity contribution is 0.0743. The maximum absolute atomic E-state index is 12.9. The summed E-state index contributed by atoms with van der Waals surface area (Å²) in [5, 5.41) is 9.92. The summed E-state index contributed by atoms with van der Waals surface area (Å²) in [4.78, 5) is 20.1. The largest absolute Gasteiger partial charge is 0.333 e. The third-order valence-electron chi connectivity index (χ3n) is 3.81. The minimum atomic E-state index is -0.0559. The fraction of sp³-hybridized carbons (Fsp3) is 0.353. The maximum atomic E-state index is 12.9. The fourth-order valence-corrected chi connectivity index (χ4v) is 3.52. The van der Waals surface area contributed by atoms with Crippen LogP contribution in [-0.4, -0.2) is 34.9 Å². The van der Waals surface area contributed by atoms with E-state index in [0.29, 0.717) is 30.4 Å². The van der Waals surface area contributed by atoms with Crippen LogP contribution in [0.25, 0.3) is 10.4 Å². The molecular formula is C17H18N4OS. The quantitative estimate of drug-likeness (QED) is 0.915. The van der Waals surface area contributed by atoms with E-state index < -0.39 is 0 Å². The number of nitrogens with two attached hydrogens (primary N) is 1. The Labute approximate surface area is 139 Å². The summed E-state index contributed by atoms with van der Waals surface area (Å²) in [6, 6.07) is 9.73. The molecule has 0 radical (unpaired) electrons. The molecule has 23 heavy (non-hydrogen) atoms. The Balaban J connectivity index is 2.00. The van der Waals surface area contributed by atoms with Crippen LogP contribution in [0.3, 0.4) is 0 Å². The SMILES string of the molecule is Cc1nc(C(=O)N(CCN)C2CC2)c(-c2cccc(C#N)c2)s1. The van der Waals surface area contributed by atoms with E-state index >= 15 is 0 Å². The maximum Gasteiger partial charge on any atom is 0.274 e. The number of nitrogens with zero attached hydrogens (tertiary/aromatic N) is 3. The standard InChI is InChI=1S/C17H18N4OS/c1-11-20-15(17(22)21(8-7-18)14-5-6-14)16(23-11)13-4-2-3-12(9-13)10-19/h2-4,9,14H,5-8,18H2,1H3. The predicted molar refractivity (Wildman–Crippen MR) is 90.1 cm³/mol. The van der Waals surface area contributed by atoms with Crippen molar-refractivity contribution in [3.05, 3.63) is 40.5 Å². The Morgan fingerprint density at radius 1 is 1.52 bits per heavy atom. The Hall–Kier alpha value is -2.23. The van der Waals surface area contributed by atoms with E-state index in [1.165, 1.54) is 11.3 Å². The number of aryl methyl sites for hydroxylation is 1. The number of nitriles is 1. The molecule has 1 saturated carbocycles. The molecule has 5 nitrogen and oxygen atoms in total. The third kappa shape index (κ3) is 3.26. The van der Waals surface area contributed by atoms with Crippen LogP contribution >= 0.6 is 11.3 Å². The van der Waals surface area contributed by atoms with E-state index in [4.69, 9.17) is 11.0 Å². The van der Waals surface area contributed by atoms with Crippen molar-refractivity contribution in [2.45, 2.75) is 25.8 Å². The molecule has 0 bridgehead atoms. The van der Waals surface area contributed by atoms with Crippen LogP contribution in [0.15, 0.2) is 24.3 Å². The summed E-state index contributed by atoms with van der Waals surface area (Å²) in [7, 11) is 0. The summed E-state index contributed by atoms with van der Waals surface area (Å²) in [5.41, 5.74) is 7.57. The van der Waals surface area contributed by atoms with Gasteiger partial charge in [0.25, 0.3) is 5.91 Å². The summed E-state index contributed by atoms with van der Waals surface area (Å²) >= 11 is 1.48. The molecule has 1 aliphatic carbocycles. The van der Waals surface area contributed by atoms with E-state index in [2.05, 4.69) is 11.1 Å². The summed E-state index contributed by atoms with van der Waals surface area (Å²) in [5.74, 6) is -0.0559. The van der Waals surface area contributed by atoms with Crippen molar-refractivity contribution in [2.75, 3.05) is 13.1 Å². The average molecular weight is 326 g/mol. The Kier molecular flexibility index (Phi) is 4.42. The molecule has 1 fully saturated rings. The summed E-state index contributed by atoms with van der Waals surface area (Å²) in [6.45, 7) is 2.89. The molecule has 118 valence electrons. The lowest BCUT2D eigenvalue weighted by atomic mass is 10.1. The molecular weight excluding hydrogens is 308 g/mol. The number of hydrogen-bond donors (Lipinski definition) is 1. The highest BCUT2D eigenvalue weighted by Crippen LogP contribution is 2.34. The van der Waals surface area contributed by atoms with Gasteiger partial charge in [-0.3, -0.25) is 4.79 Å². The normalized spacial score (nSPS) is 13.6. The van der Waals surface area contributed by atoms with Crippen molar-refractivity contribution in [2.24, 2.45) is 5.73 Å². The lowest BCUT2D eigenvalue weighted by Gasteiger charge is -2.21. The van der Waals surface area contributed by atoms with E-state index in [1.54, 1.807) is 12.1 Å². The second kappa shape index (κ2) is 6.49. The molecule has 1 heterocycles. The van der Waals surface area contributed by atoms with Crippen LogP contribution < -0.4 is 5.73 Å². The highest BCUT2D eigenvalue weighted by Gasteiger charge is 2.34. The summed E-state index contributed by atoms with van der Waals surface area (Å²) < 4.78 is 0. The lowest BCUT2D eigenvalue weighted by Crippen LogP contribution is -2.37. The molecule has 1 aliphatic rings. The second-order valence-corrected chi connectivity index (χ2v) is 6.82. The first-order valence-corrected chi connectivity index (χ1v) is 8.44. The number of rotatable bonds is 5. The van der Waals surface area contributed by atoms with Crippen molar-refractivity contribution in [1.29, 1.82) is 5.26 Å². The van der Waals surface area contributed by atoms with Gasteiger partial charge in [-0.25, -0.2) is 4.98 Å². The minimum absolute atomic E-state index is 0.0559.